The zero-order valence-corrected chi connectivity index (χ0v) is 17.3. The summed E-state index contributed by atoms with van der Waals surface area (Å²) in [5.74, 6) is -1.07. The molecule has 0 aliphatic rings. The largest absolute Gasteiger partial charge is 0.481 e. The lowest BCUT2D eigenvalue weighted by Crippen LogP contribution is -2.50. The van der Waals surface area contributed by atoms with Crippen molar-refractivity contribution in [2.75, 3.05) is 13.2 Å². The fraction of sp³-hybridized carbons (Fsp3) is 0.391. The molecule has 1 N–H and O–H groups in total. The predicted octanol–water partition coefficient (Wildman–Crippen LogP) is 3.85. The minimum Gasteiger partial charge on any atom is -0.481 e. The second kappa shape index (κ2) is 11.2. The molecule has 6 heteroatoms. The summed E-state index contributed by atoms with van der Waals surface area (Å²) in [5.41, 5.74) is 1.98. The zero-order valence-electron chi connectivity index (χ0n) is 17.3. The van der Waals surface area contributed by atoms with E-state index in [1.807, 2.05) is 45.0 Å². The van der Waals surface area contributed by atoms with Crippen LogP contribution in [0.1, 0.15) is 37.8 Å². The van der Waals surface area contributed by atoms with E-state index in [9.17, 15) is 14.0 Å². The van der Waals surface area contributed by atoms with Gasteiger partial charge < -0.3 is 15.0 Å². The van der Waals surface area contributed by atoms with E-state index < -0.39 is 11.9 Å². The number of para-hydroxylation sites is 1. The van der Waals surface area contributed by atoms with Crippen molar-refractivity contribution in [3.05, 3.63) is 65.5 Å². The smallest absolute Gasteiger partial charge is 0.261 e. The molecule has 0 aromatic heterocycles. The van der Waals surface area contributed by atoms with Crippen molar-refractivity contribution in [2.24, 2.45) is 0 Å². The summed E-state index contributed by atoms with van der Waals surface area (Å²) < 4.78 is 19.2. The number of halogens is 1. The van der Waals surface area contributed by atoms with Crippen molar-refractivity contribution in [1.82, 2.24) is 10.2 Å². The fourth-order valence-electron chi connectivity index (χ4n) is 3.04. The van der Waals surface area contributed by atoms with Gasteiger partial charge in [0.05, 0.1) is 0 Å². The quantitative estimate of drug-likeness (QED) is 0.659. The Morgan fingerprint density at radius 1 is 1.10 bits per heavy atom. The second-order valence-electron chi connectivity index (χ2n) is 6.88. The summed E-state index contributed by atoms with van der Waals surface area (Å²) >= 11 is 0. The van der Waals surface area contributed by atoms with Crippen LogP contribution in [0.25, 0.3) is 0 Å². The molecule has 156 valence electrons. The molecule has 0 radical (unpaired) electrons. The lowest BCUT2D eigenvalue weighted by atomic mass is 10.1. The van der Waals surface area contributed by atoms with Gasteiger partial charge in [-0.25, -0.2) is 4.39 Å². The fourth-order valence-corrected chi connectivity index (χ4v) is 3.04. The molecule has 0 fully saturated rings. The molecule has 0 spiro atoms. The third kappa shape index (κ3) is 6.31. The van der Waals surface area contributed by atoms with Gasteiger partial charge in [-0.15, -0.1) is 0 Å². The number of nitrogens with one attached hydrogen (secondary N) is 1. The second-order valence-corrected chi connectivity index (χ2v) is 6.88. The van der Waals surface area contributed by atoms with Crippen LogP contribution in [-0.2, 0) is 16.1 Å². The molecule has 1 atom stereocenters. The van der Waals surface area contributed by atoms with Gasteiger partial charge >= 0.3 is 0 Å². The Balaban J connectivity index is 2.22. The number of aryl methyl sites for hydroxylation is 1. The molecule has 0 aliphatic heterocycles. The molecule has 2 aromatic rings. The van der Waals surface area contributed by atoms with Gasteiger partial charge in [0.1, 0.15) is 6.04 Å². The molecular formula is C23H29FN2O3. The Hall–Kier alpha value is -2.89. The molecule has 0 aliphatic carbocycles. The Morgan fingerprint density at radius 2 is 1.79 bits per heavy atom. The molecule has 0 heterocycles. The number of ether oxygens (including phenoxy) is 1. The maximum Gasteiger partial charge on any atom is 0.261 e. The Morgan fingerprint density at radius 3 is 2.45 bits per heavy atom. The number of rotatable bonds is 10. The van der Waals surface area contributed by atoms with E-state index in [1.165, 1.54) is 17.0 Å². The van der Waals surface area contributed by atoms with Gasteiger partial charge in [0.2, 0.25) is 5.91 Å². The lowest BCUT2D eigenvalue weighted by Gasteiger charge is -2.31. The average molecular weight is 400 g/mol. The van der Waals surface area contributed by atoms with Gasteiger partial charge in [-0.1, -0.05) is 50.2 Å². The highest BCUT2D eigenvalue weighted by Gasteiger charge is 2.29. The Bertz CT molecular complexity index is 825. The minimum absolute atomic E-state index is 0.0141. The Labute approximate surface area is 171 Å². The maximum atomic E-state index is 13.8. The zero-order chi connectivity index (χ0) is 21.2. The van der Waals surface area contributed by atoms with Gasteiger partial charge in [0.25, 0.3) is 5.91 Å². The molecular weight excluding hydrogens is 371 g/mol. The highest BCUT2D eigenvalue weighted by Crippen LogP contribution is 2.18. The lowest BCUT2D eigenvalue weighted by molar-refractivity contribution is -0.143. The first kappa shape index (κ1) is 22.4. The summed E-state index contributed by atoms with van der Waals surface area (Å²) in [6.07, 6.45) is 1.27. The third-order valence-corrected chi connectivity index (χ3v) is 4.72. The third-order valence-electron chi connectivity index (χ3n) is 4.72. The van der Waals surface area contributed by atoms with Gasteiger partial charge in [0, 0.05) is 13.1 Å². The summed E-state index contributed by atoms with van der Waals surface area (Å²) in [4.78, 5) is 27.2. The number of amides is 2. The molecule has 2 aromatic carbocycles. The molecule has 5 nitrogen and oxygen atoms in total. The van der Waals surface area contributed by atoms with Crippen LogP contribution in [0.2, 0.25) is 0 Å². The van der Waals surface area contributed by atoms with Crippen molar-refractivity contribution >= 4 is 11.8 Å². The minimum atomic E-state index is -0.627. The topological polar surface area (TPSA) is 58.6 Å². The number of hydrogen-bond acceptors (Lipinski definition) is 3. The van der Waals surface area contributed by atoms with Gasteiger partial charge in [-0.2, -0.15) is 0 Å². The molecule has 29 heavy (non-hydrogen) atoms. The maximum absolute atomic E-state index is 13.8. The van der Waals surface area contributed by atoms with E-state index in [1.54, 1.807) is 12.1 Å². The van der Waals surface area contributed by atoms with Crippen LogP contribution >= 0.6 is 0 Å². The SMILES string of the molecule is CCCNC(=O)C(CC)N(Cc1ccccc1C)C(=O)COc1ccccc1F. The van der Waals surface area contributed by atoms with Crippen LogP contribution in [0, 0.1) is 12.7 Å². The van der Waals surface area contributed by atoms with E-state index in [4.69, 9.17) is 4.74 Å². The number of nitrogens with zero attached hydrogens (tertiary/aromatic N) is 1. The first-order chi connectivity index (χ1) is 14.0. The summed E-state index contributed by atoms with van der Waals surface area (Å²) in [6, 6.07) is 13.0. The molecule has 0 bridgehead atoms. The number of benzene rings is 2. The standard InChI is InChI=1S/C23H29FN2O3/c1-4-14-25-23(28)20(5-2)26(15-18-11-7-6-10-17(18)3)22(27)16-29-21-13-9-8-12-19(21)24/h6-13,20H,4-5,14-16H2,1-3H3,(H,25,28). The van der Waals surface area contributed by atoms with Crippen molar-refractivity contribution in [1.29, 1.82) is 0 Å². The summed E-state index contributed by atoms with van der Waals surface area (Å²) in [5, 5.41) is 2.87. The van der Waals surface area contributed by atoms with Crippen LogP contribution in [-0.4, -0.2) is 35.9 Å². The number of carbonyl (C=O) groups excluding carboxylic acids is 2. The van der Waals surface area contributed by atoms with Crippen LogP contribution in [0.5, 0.6) is 5.75 Å². The van der Waals surface area contributed by atoms with Gasteiger partial charge in [0.15, 0.2) is 18.2 Å². The normalized spacial score (nSPS) is 11.6. The van der Waals surface area contributed by atoms with E-state index in [2.05, 4.69) is 5.32 Å². The van der Waals surface area contributed by atoms with Crippen molar-refractivity contribution in [3.8, 4) is 5.75 Å². The van der Waals surface area contributed by atoms with E-state index in [0.29, 0.717) is 13.0 Å². The molecule has 0 saturated heterocycles. The predicted molar refractivity (Wildman–Crippen MR) is 111 cm³/mol. The molecule has 1 unspecified atom stereocenters. The first-order valence-electron chi connectivity index (χ1n) is 9.96. The van der Waals surface area contributed by atoms with E-state index >= 15 is 0 Å². The highest BCUT2D eigenvalue weighted by atomic mass is 19.1. The number of carbonyl (C=O) groups is 2. The monoisotopic (exact) mass is 400 g/mol. The van der Waals surface area contributed by atoms with Crippen molar-refractivity contribution < 1.29 is 18.7 Å². The highest BCUT2D eigenvalue weighted by molar-refractivity contribution is 5.88. The molecule has 2 rings (SSSR count). The van der Waals surface area contributed by atoms with Crippen LogP contribution < -0.4 is 10.1 Å². The summed E-state index contributed by atoms with van der Waals surface area (Å²) in [7, 11) is 0. The molecule has 2 amide bonds. The van der Waals surface area contributed by atoms with Crippen molar-refractivity contribution in [2.45, 2.75) is 46.2 Å². The van der Waals surface area contributed by atoms with Crippen molar-refractivity contribution in [3.63, 3.8) is 0 Å². The summed E-state index contributed by atoms with van der Waals surface area (Å²) in [6.45, 7) is 6.29. The average Bonchev–Trinajstić information content (AvgIpc) is 2.72. The van der Waals surface area contributed by atoms with Gasteiger partial charge in [-0.3, -0.25) is 9.59 Å². The van der Waals surface area contributed by atoms with E-state index in [0.717, 1.165) is 17.5 Å². The van der Waals surface area contributed by atoms with Crippen LogP contribution in [0.3, 0.4) is 0 Å². The van der Waals surface area contributed by atoms with E-state index in [-0.39, 0.29) is 30.7 Å². The Kier molecular flexibility index (Phi) is 8.65. The van der Waals surface area contributed by atoms with Crippen LogP contribution in [0.15, 0.2) is 48.5 Å². The van der Waals surface area contributed by atoms with Crippen LogP contribution in [0.4, 0.5) is 4.39 Å². The number of hydrogen-bond donors (Lipinski definition) is 1. The van der Waals surface area contributed by atoms with Gasteiger partial charge in [-0.05, 0) is 43.0 Å². The first-order valence-corrected chi connectivity index (χ1v) is 9.96. The molecule has 0 saturated carbocycles.